The first-order valence-corrected chi connectivity index (χ1v) is 10.8. The lowest BCUT2D eigenvalue weighted by atomic mass is 9.80. The van der Waals surface area contributed by atoms with Gasteiger partial charge in [-0.25, -0.2) is 4.39 Å². The first-order chi connectivity index (χ1) is 14.4. The molecule has 1 saturated carbocycles. The molecule has 1 amide bonds. The summed E-state index contributed by atoms with van der Waals surface area (Å²) in [4.78, 5) is 25.8. The van der Waals surface area contributed by atoms with E-state index in [1.807, 2.05) is 4.90 Å². The number of hydrogen-bond donors (Lipinski definition) is 1. The van der Waals surface area contributed by atoms with Gasteiger partial charge in [-0.2, -0.15) is 5.10 Å². The van der Waals surface area contributed by atoms with Crippen LogP contribution in [0.3, 0.4) is 0 Å². The maximum absolute atomic E-state index is 14.2. The van der Waals surface area contributed by atoms with Crippen LogP contribution in [0.15, 0.2) is 24.4 Å². The molecule has 0 spiro atoms. The van der Waals surface area contributed by atoms with Crippen LogP contribution in [0.5, 0.6) is 0 Å². The number of rotatable bonds is 5. The Morgan fingerprint density at radius 2 is 2.00 bits per heavy atom. The second kappa shape index (κ2) is 8.76. The quantitative estimate of drug-likeness (QED) is 0.776. The van der Waals surface area contributed by atoms with Gasteiger partial charge in [0.1, 0.15) is 5.82 Å². The Hall–Kier alpha value is -2.41. The molecular formula is C22H25ClFN3O3. The number of halogens is 2. The summed E-state index contributed by atoms with van der Waals surface area (Å²) in [5.74, 6) is -1.01. The number of carboxylic acids is 1. The predicted molar refractivity (Wildman–Crippen MR) is 110 cm³/mol. The van der Waals surface area contributed by atoms with Crippen molar-refractivity contribution in [2.75, 3.05) is 6.54 Å². The molecule has 1 aliphatic heterocycles. The van der Waals surface area contributed by atoms with Gasteiger partial charge in [-0.1, -0.05) is 17.7 Å². The molecule has 1 fully saturated rings. The van der Waals surface area contributed by atoms with E-state index in [4.69, 9.17) is 16.7 Å². The number of carbonyl (C=O) groups excluding carboxylic acids is 1. The Labute approximate surface area is 179 Å². The maximum Gasteiger partial charge on any atom is 0.306 e. The van der Waals surface area contributed by atoms with Crippen LogP contribution in [0.2, 0.25) is 5.02 Å². The van der Waals surface area contributed by atoms with Gasteiger partial charge in [-0.15, -0.1) is 0 Å². The van der Waals surface area contributed by atoms with Crippen LogP contribution in [0.25, 0.3) is 0 Å². The minimum Gasteiger partial charge on any atom is -0.481 e. The molecule has 1 aliphatic carbocycles. The molecule has 0 atom stereocenters. The number of fused-ring (bicyclic) bond motifs is 1. The molecule has 2 aliphatic rings. The summed E-state index contributed by atoms with van der Waals surface area (Å²) in [5.41, 5.74) is 2.54. The molecule has 1 N–H and O–H groups in total. The van der Waals surface area contributed by atoms with Gasteiger partial charge >= 0.3 is 5.97 Å². The highest BCUT2D eigenvalue weighted by atomic mass is 35.5. The number of carbonyl (C=O) groups is 2. The third-order valence-electron chi connectivity index (χ3n) is 6.37. The van der Waals surface area contributed by atoms with E-state index in [1.54, 1.807) is 23.0 Å². The third kappa shape index (κ3) is 4.51. The Morgan fingerprint density at radius 1 is 1.23 bits per heavy atom. The fraction of sp³-hybridized carbons (Fsp3) is 0.500. The normalized spacial score (nSPS) is 21.3. The zero-order chi connectivity index (χ0) is 21.3. The number of benzene rings is 1. The molecule has 8 heteroatoms. The van der Waals surface area contributed by atoms with Crippen molar-refractivity contribution in [3.63, 3.8) is 0 Å². The molecule has 160 valence electrons. The fourth-order valence-corrected chi connectivity index (χ4v) is 4.67. The standard InChI is InChI=1S/C22H25ClFN3O3/c23-18-6-5-17(19(24)10-18)12-27-20-13-26(8-7-16(20)11-25-27)21(28)9-14-1-3-15(4-2-14)22(29)30/h5-6,10-11,14-15H,1-4,7-9,12-13H2,(H,29,30)/t14-,15+. The van der Waals surface area contributed by atoms with Gasteiger partial charge in [-0.3, -0.25) is 14.3 Å². The van der Waals surface area contributed by atoms with E-state index < -0.39 is 5.97 Å². The average molecular weight is 434 g/mol. The topological polar surface area (TPSA) is 75.4 Å². The van der Waals surface area contributed by atoms with Gasteiger partial charge in [0.15, 0.2) is 0 Å². The molecule has 6 nitrogen and oxygen atoms in total. The molecular weight excluding hydrogens is 409 g/mol. The van der Waals surface area contributed by atoms with E-state index >= 15 is 0 Å². The lowest BCUT2D eigenvalue weighted by Gasteiger charge is -2.31. The summed E-state index contributed by atoms with van der Waals surface area (Å²) in [6.07, 6.45) is 5.87. The summed E-state index contributed by atoms with van der Waals surface area (Å²) in [6, 6.07) is 4.61. The Morgan fingerprint density at radius 3 is 2.70 bits per heavy atom. The van der Waals surface area contributed by atoms with Gasteiger partial charge in [0.2, 0.25) is 5.91 Å². The Balaban J connectivity index is 1.39. The zero-order valence-electron chi connectivity index (χ0n) is 16.7. The van der Waals surface area contributed by atoms with Crippen LogP contribution in [0, 0.1) is 17.7 Å². The average Bonchev–Trinajstić information content (AvgIpc) is 3.12. The number of amides is 1. The molecule has 2 heterocycles. The Bertz CT molecular complexity index is 953. The van der Waals surface area contributed by atoms with Gasteiger partial charge in [0, 0.05) is 23.6 Å². The highest BCUT2D eigenvalue weighted by Gasteiger charge is 2.30. The molecule has 0 unspecified atom stereocenters. The monoisotopic (exact) mass is 433 g/mol. The highest BCUT2D eigenvalue weighted by Crippen LogP contribution is 2.32. The van der Waals surface area contributed by atoms with Crippen LogP contribution in [0.4, 0.5) is 4.39 Å². The summed E-state index contributed by atoms with van der Waals surface area (Å²) in [7, 11) is 0. The van der Waals surface area contributed by atoms with Crippen LogP contribution in [-0.2, 0) is 29.1 Å². The summed E-state index contributed by atoms with van der Waals surface area (Å²) >= 11 is 5.84. The van der Waals surface area contributed by atoms with Crippen LogP contribution >= 0.6 is 11.6 Å². The van der Waals surface area contributed by atoms with Gasteiger partial charge in [0.05, 0.1) is 30.9 Å². The van der Waals surface area contributed by atoms with Gasteiger partial charge in [0.25, 0.3) is 0 Å². The van der Waals surface area contributed by atoms with Gasteiger partial charge in [-0.05, 0) is 55.7 Å². The minimum atomic E-state index is -0.728. The smallest absolute Gasteiger partial charge is 0.306 e. The van der Waals surface area contributed by atoms with Crippen molar-refractivity contribution in [2.24, 2.45) is 11.8 Å². The Kier molecular flexibility index (Phi) is 6.09. The molecule has 2 aromatic rings. The van der Waals surface area contributed by atoms with E-state index in [1.165, 1.54) is 6.07 Å². The SMILES string of the molecule is O=C(C[C@H]1CC[C@@H](C(=O)O)CC1)N1CCc2cnn(Cc3ccc(Cl)cc3F)c2C1. The fourth-order valence-electron chi connectivity index (χ4n) is 4.51. The van der Waals surface area contributed by atoms with Crippen molar-refractivity contribution in [3.05, 3.63) is 52.1 Å². The number of hydrogen-bond acceptors (Lipinski definition) is 3. The highest BCUT2D eigenvalue weighted by molar-refractivity contribution is 6.30. The molecule has 0 bridgehead atoms. The first kappa shape index (κ1) is 20.8. The van der Waals surface area contributed by atoms with Crippen molar-refractivity contribution in [3.8, 4) is 0 Å². The van der Waals surface area contributed by atoms with Gasteiger partial charge < -0.3 is 10.0 Å². The number of aromatic nitrogens is 2. The van der Waals surface area contributed by atoms with E-state index in [0.29, 0.717) is 49.5 Å². The van der Waals surface area contributed by atoms with Crippen molar-refractivity contribution in [1.82, 2.24) is 14.7 Å². The van der Waals surface area contributed by atoms with Crippen LogP contribution in [-0.4, -0.2) is 38.2 Å². The molecule has 1 aromatic carbocycles. The summed E-state index contributed by atoms with van der Waals surface area (Å²) in [5, 5.41) is 13.9. The van der Waals surface area contributed by atoms with E-state index in [-0.39, 0.29) is 23.6 Å². The molecule has 30 heavy (non-hydrogen) atoms. The van der Waals surface area contributed by atoms with E-state index in [0.717, 1.165) is 30.5 Å². The maximum atomic E-state index is 14.2. The second-order valence-corrected chi connectivity index (χ2v) is 8.77. The van der Waals surface area contributed by atoms with Crippen molar-refractivity contribution >= 4 is 23.5 Å². The molecule has 1 aromatic heterocycles. The van der Waals surface area contributed by atoms with Crippen molar-refractivity contribution in [2.45, 2.75) is 51.6 Å². The van der Waals surface area contributed by atoms with Crippen molar-refractivity contribution < 1.29 is 19.1 Å². The lowest BCUT2D eigenvalue weighted by Crippen LogP contribution is -2.38. The third-order valence-corrected chi connectivity index (χ3v) is 6.61. The van der Waals surface area contributed by atoms with Crippen molar-refractivity contribution in [1.29, 1.82) is 0 Å². The van der Waals surface area contributed by atoms with Crippen LogP contribution < -0.4 is 0 Å². The van der Waals surface area contributed by atoms with E-state index in [2.05, 4.69) is 5.10 Å². The summed E-state index contributed by atoms with van der Waals surface area (Å²) < 4.78 is 16.0. The first-order valence-electron chi connectivity index (χ1n) is 10.4. The zero-order valence-corrected chi connectivity index (χ0v) is 17.4. The lowest BCUT2D eigenvalue weighted by molar-refractivity contribution is -0.143. The second-order valence-electron chi connectivity index (χ2n) is 8.34. The number of aliphatic carboxylic acids is 1. The minimum absolute atomic E-state index is 0.102. The predicted octanol–water partition coefficient (Wildman–Crippen LogP) is 3.89. The largest absolute Gasteiger partial charge is 0.481 e. The number of carboxylic acid groups (broad SMARTS) is 1. The number of nitrogens with zero attached hydrogens (tertiary/aromatic N) is 3. The van der Waals surface area contributed by atoms with E-state index in [9.17, 15) is 14.0 Å². The summed E-state index contributed by atoms with van der Waals surface area (Å²) in [6.45, 7) is 1.41. The molecule has 4 rings (SSSR count). The molecule has 0 radical (unpaired) electrons. The molecule has 0 saturated heterocycles. The van der Waals surface area contributed by atoms with Crippen LogP contribution in [0.1, 0.15) is 48.9 Å².